The molecule has 2 unspecified atom stereocenters. The number of hydrogen-bond acceptors (Lipinski definition) is 3. The zero-order valence-electron chi connectivity index (χ0n) is 11.0. The molecule has 7 nitrogen and oxygen atoms in total. The molecular weight excluding hydrogens is 285 g/mol. The molecule has 1 rings (SSSR count). The molecular formula is C12H16NO6P. The van der Waals surface area contributed by atoms with Gasteiger partial charge in [0.2, 0.25) is 5.91 Å². The second-order valence-corrected chi connectivity index (χ2v) is 6.10. The standard InChI is InChI=1S/C12H16NO6P/c1-7(8(2)12(15)16)11(14)13-9-4-3-5-10(6-9)20(17,18)19/h3-8H,1-2H3,(H,13,14)(H,15,16)(H2,17,18,19). The van der Waals surface area contributed by atoms with Crippen LogP contribution in [0.25, 0.3) is 0 Å². The summed E-state index contributed by atoms with van der Waals surface area (Å²) in [5.74, 6) is -3.24. The topological polar surface area (TPSA) is 124 Å². The van der Waals surface area contributed by atoms with Gasteiger partial charge in [0.05, 0.1) is 11.2 Å². The van der Waals surface area contributed by atoms with E-state index >= 15 is 0 Å². The maximum absolute atomic E-state index is 11.9. The van der Waals surface area contributed by atoms with Gasteiger partial charge in [0.1, 0.15) is 0 Å². The van der Waals surface area contributed by atoms with Crippen molar-refractivity contribution in [3.63, 3.8) is 0 Å². The fourth-order valence-electron chi connectivity index (χ4n) is 1.46. The van der Waals surface area contributed by atoms with E-state index in [0.717, 1.165) is 6.07 Å². The molecule has 1 aromatic rings. The Kier molecular flexibility index (Phi) is 5.05. The molecule has 2 atom stereocenters. The molecule has 0 aliphatic heterocycles. The minimum atomic E-state index is -4.39. The molecule has 8 heteroatoms. The molecule has 1 amide bonds. The van der Waals surface area contributed by atoms with Crippen molar-refractivity contribution in [1.82, 2.24) is 0 Å². The lowest BCUT2D eigenvalue weighted by atomic mass is 9.95. The summed E-state index contributed by atoms with van der Waals surface area (Å²) in [5, 5.41) is 11.1. The molecule has 0 aliphatic rings. The van der Waals surface area contributed by atoms with Crippen molar-refractivity contribution in [2.45, 2.75) is 13.8 Å². The summed E-state index contributed by atoms with van der Waals surface area (Å²) in [4.78, 5) is 40.7. The van der Waals surface area contributed by atoms with Crippen molar-refractivity contribution in [3.05, 3.63) is 24.3 Å². The van der Waals surface area contributed by atoms with E-state index in [1.54, 1.807) is 0 Å². The number of hydrogen-bond donors (Lipinski definition) is 4. The average molecular weight is 301 g/mol. The fraction of sp³-hybridized carbons (Fsp3) is 0.333. The number of carbonyl (C=O) groups is 2. The van der Waals surface area contributed by atoms with Crippen molar-refractivity contribution in [2.24, 2.45) is 11.8 Å². The highest BCUT2D eigenvalue weighted by atomic mass is 31.2. The lowest BCUT2D eigenvalue weighted by Gasteiger charge is -2.16. The van der Waals surface area contributed by atoms with E-state index in [0.29, 0.717) is 0 Å². The first-order chi connectivity index (χ1) is 9.12. The number of anilines is 1. The number of nitrogens with one attached hydrogen (secondary N) is 1. The number of carboxylic acids is 1. The van der Waals surface area contributed by atoms with Crippen molar-refractivity contribution in [3.8, 4) is 0 Å². The largest absolute Gasteiger partial charge is 0.481 e. The van der Waals surface area contributed by atoms with Crippen LogP contribution in [0.2, 0.25) is 0 Å². The van der Waals surface area contributed by atoms with E-state index in [9.17, 15) is 14.2 Å². The normalized spacial score (nSPS) is 14.4. The molecule has 0 aromatic heterocycles. The monoisotopic (exact) mass is 301 g/mol. The Morgan fingerprint density at radius 3 is 2.30 bits per heavy atom. The Bertz CT molecular complexity index is 567. The van der Waals surface area contributed by atoms with Crippen molar-refractivity contribution >= 4 is 30.5 Å². The van der Waals surface area contributed by atoms with Crippen molar-refractivity contribution in [1.29, 1.82) is 0 Å². The number of rotatable bonds is 5. The van der Waals surface area contributed by atoms with Gasteiger partial charge in [0.25, 0.3) is 0 Å². The molecule has 0 radical (unpaired) electrons. The van der Waals surface area contributed by atoms with Crippen LogP contribution in [0.1, 0.15) is 13.8 Å². The van der Waals surface area contributed by atoms with Gasteiger partial charge in [0, 0.05) is 11.6 Å². The summed E-state index contributed by atoms with van der Waals surface area (Å²) in [6.07, 6.45) is 0. The summed E-state index contributed by atoms with van der Waals surface area (Å²) < 4.78 is 11.1. The van der Waals surface area contributed by atoms with Crippen LogP contribution in [0, 0.1) is 11.8 Å². The van der Waals surface area contributed by atoms with E-state index in [1.165, 1.54) is 32.0 Å². The Morgan fingerprint density at radius 2 is 1.80 bits per heavy atom. The van der Waals surface area contributed by atoms with Crippen molar-refractivity contribution < 1.29 is 29.0 Å². The lowest BCUT2D eigenvalue weighted by molar-refractivity contribution is -0.145. The molecule has 4 N–H and O–H groups in total. The van der Waals surface area contributed by atoms with Crippen LogP contribution in [0.3, 0.4) is 0 Å². The maximum atomic E-state index is 11.9. The van der Waals surface area contributed by atoms with Crippen LogP contribution in [-0.4, -0.2) is 26.8 Å². The van der Waals surface area contributed by atoms with E-state index in [4.69, 9.17) is 14.9 Å². The first-order valence-corrected chi connectivity index (χ1v) is 7.44. The molecule has 20 heavy (non-hydrogen) atoms. The number of benzene rings is 1. The van der Waals surface area contributed by atoms with Crippen LogP contribution < -0.4 is 10.6 Å². The van der Waals surface area contributed by atoms with Crippen molar-refractivity contribution in [2.75, 3.05) is 5.32 Å². The van der Waals surface area contributed by atoms with Crippen LogP contribution in [0.15, 0.2) is 24.3 Å². The third kappa shape index (κ3) is 4.16. The molecule has 0 saturated carbocycles. The highest BCUT2D eigenvalue weighted by Gasteiger charge is 2.26. The molecule has 1 aromatic carbocycles. The number of amides is 1. The third-order valence-electron chi connectivity index (χ3n) is 3.00. The SMILES string of the molecule is CC(C(=O)O)C(C)C(=O)Nc1cccc(P(=O)(O)O)c1. The fourth-order valence-corrected chi connectivity index (χ4v) is 2.05. The summed E-state index contributed by atoms with van der Waals surface area (Å²) in [6, 6.07) is 5.28. The molecule has 0 aliphatic carbocycles. The second kappa shape index (κ2) is 6.17. The number of aliphatic carboxylic acids is 1. The van der Waals surface area contributed by atoms with E-state index in [2.05, 4.69) is 5.32 Å². The first-order valence-electron chi connectivity index (χ1n) is 5.82. The van der Waals surface area contributed by atoms with Crippen LogP contribution in [-0.2, 0) is 14.2 Å². The molecule has 0 saturated heterocycles. The summed E-state index contributed by atoms with van der Waals surface area (Å²) >= 11 is 0. The second-order valence-electron chi connectivity index (χ2n) is 4.50. The number of carboxylic acid groups (broad SMARTS) is 1. The highest BCUT2D eigenvalue weighted by molar-refractivity contribution is 7.60. The first kappa shape index (κ1) is 16.4. The summed E-state index contributed by atoms with van der Waals surface area (Å²) in [5.41, 5.74) is 0.209. The Hall–Kier alpha value is -1.69. The Labute approximate surface area is 115 Å². The average Bonchev–Trinajstić information content (AvgIpc) is 2.36. The highest BCUT2D eigenvalue weighted by Crippen LogP contribution is 2.33. The molecule has 0 heterocycles. The molecule has 110 valence electrons. The van der Waals surface area contributed by atoms with Crippen LogP contribution in [0.5, 0.6) is 0 Å². The van der Waals surface area contributed by atoms with Gasteiger partial charge in [-0.05, 0) is 18.2 Å². The van der Waals surface area contributed by atoms with Gasteiger partial charge in [0.15, 0.2) is 0 Å². The molecule has 0 spiro atoms. The van der Waals surface area contributed by atoms with E-state index < -0.39 is 31.3 Å². The van der Waals surface area contributed by atoms with Crippen LogP contribution >= 0.6 is 7.60 Å². The van der Waals surface area contributed by atoms with Gasteiger partial charge in [-0.25, -0.2) is 0 Å². The van der Waals surface area contributed by atoms with Crippen LogP contribution in [0.4, 0.5) is 5.69 Å². The zero-order valence-corrected chi connectivity index (χ0v) is 11.9. The Morgan fingerprint density at radius 1 is 1.20 bits per heavy atom. The van der Waals surface area contributed by atoms with Gasteiger partial charge < -0.3 is 20.2 Å². The smallest absolute Gasteiger partial charge is 0.356 e. The van der Waals surface area contributed by atoms with Gasteiger partial charge in [-0.2, -0.15) is 0 Å². The van der Waals surface area contributed by atoms with Gasteiger partial charge in [-0.3, -0.25) is 14.2 Å². The minimum Gasteiger partial charge on any atom is -0.481 e. The Balaban J connectivity index is 2.86. The quantitative estimate of drug-likeness (QED) is 0.596. The minimum absolute atomic E-state index is 0.209. The zero-order chi connectivity index (χ0) is 15.5. The summed E-state index contributed by atoms with van der Waals surface area (Å²) in [6.45, 7) is 2.89. The van der Waals surface area contributed by atoms with Gasteiger partial charge in [-0.15, -0.1) is 0 Å². The lowest BCUT2D eigenvalue weighted by Crippen LogP contribution is -2.30. The summed E-state index contributed by atoms with van der Waals surface area (Å²) in [7, 11) is -4.39. The van der Waals surface area contributed by atoms with E-state index in [1.807, 2.05) is 0 Å². The van der Waals surface area contributed by atoms with E-state index in [-0.39, 0.29) is 11.0 Å². The molecule has 0 bridgehead atoms. The molecule has 0 fully saturated rings. The predicted molar refractivity (Wildman–Crippen MR) is 72.7 cm³/mol. The van der Waals surface area contributed by atoms with Gasteiger partial charge in [-0.1, -0.05) is 19.9 Å². The predicted octanol–water partition coefficient (Wildman–Crippen LogP) is 0.785. The number of carbonyl (C=O) groups excluding carboxylic acids is 1. The third-order valence-corrected chi connectivity index (χ3v) is 3.95. The van der Waals surface area contributed by atoms with Gasteiger partial charge >= 0.3 is 13.6 Å². The maximum Gasteiger partial charge on any atom is 0.356 e.